The third-order valence-electron chi connectivity index (χ3n) is 10.9. The highest BCUT2D eigenvalue weighted by Crippen LogP contribution is 2.69. The van der Waals surface area contributed by atoms with Crippen molar-refractivity contribution in [1.29, 1.82) is 0 Å². The Bertz CT molecular complexity index is 581. The van der Waals surface area contributed by atoms with Gasteiger partial charge in [0.2, 0.25) is 0 Å². The molecule has 0 aromatic rings. The van der Waals surface area contributed by atoms with Crippen LogP contribution >= 0.6 is 22.6 Å². The fourth-order valence-electron chi connectivity index (χ4n) is 9.53. The van der Waals surface area contributed by atoms with Gasteiger partial charge in [0, 0.05) is 0 Å². The first kappa shape index (κ1) is 22.8. The lowest BCUT2D eigenvalue weighted by molar-refractivity contribution is -0.203. The van der Waals surface area contributed by atoms with Gasteiger partial charge in [0.15, 0.2) is 0 Å². The molecular weight excluding hydrogens is 471 g/mol. The lowest BCUT2D eigenvalue weighted by atomic mass is 9.41. The summed E-state index contributed by atoms with van der Waals surface area (Å²) >= 11 is 2.53. The SMILES string of the molecule is CC[C@@H]1C2C[C@H](O)CC[C@@]2(C)[C@H]2CC[C@]3(C)[C@@H]([C@H](C)CCCI)CC[C@H]3C2[C@@H]1O. The van der Waals surface area contributed by atoms with E-state index in [-0.39, 0.29) is 12.2 Å². The Morgan fingerprint density at radius 1 is 0.966 bits per heavy atom. The molecule has 4 aliphatic rings. The Balaban J connectivity index is 1.63. The number of aliphatic hydroxyl groups excluding tert-OH is 2. The predicted molar refractivity (Wildman–Crippen MR) is 129 cm³/mol. The minimum atomic E-state index is -0.151. The number of halogens is 1. The van der Waals surface area contributed by atoms with E-state index >= 15 is 0 Å². The molecule has 0 saturated heterocycles. The summed E-state index contributed by atoms with van der Waals surface area (Å²) in [6, 6.07) is 0. The molecule has 0 aliphatic heterocycles. The second kappa shape index (κ2) is 8.54. The summed E-state index contributed by atoms with van der Waals surface area (Å²) in [5.74, 6) is 4.44. The van der Waals surface area contributed by atoms with E-state index in [9.17, 15) is 10.2 Å². The molecule has 2 N–H and O–H groups in total. The van der Waals surface area contributed by atoms with Gasteiger partial charge < -0.3 is 10.2 Å². The van der Waals surface area contributed by atoms with Crippen LogP contribution in [0.3, 0.4) is 0 Å². The van der Waals surface area contributed by atoms with Crippen LogP contribution in [0.25, 0.3) is 0 Å². The molecule has 29 heavy (non-hydrogen) atoms. The number of alkyl halides is 1. The first-order chi connectivity index (χ1) is 13.8. The van der Waals surface area contributed by atoms with E-state index in [4.69, 9.17) is 0 Å². The maximum Gasteiger partial charge on any atom is 0.0605 e. The van der Waals surface area contributed by atoms with E-state index < -0.39 is 0 Å². The van der Waals surface area contributed by atoms with Gasteiger partial charge >= 0.3 is 0 Å². The molecule has 2 unspecified atom stereocenters. The normalized spacial score (nSPS) is 53.1. The molecule has 0 aromatic heterocycles. The van der Waals surface area contributed by atoms with Crippen LogP contribution in [-0.4, -0.2) is 26.8 Å². The van der Waals surface area contributed by atoms with Gasteiger partial charge in [-0.25, -0.2) is 0 Å². The highest BCUT2D eigenvalue weighted by Gasteiger charge is 2.64. The zero-order chi connectivity index (χ0) is 21.0. The number of fused-ring (bicyclic) bond motifs is 5. The molecular formula is C26H45IO2. The van der Waals surface area contributed by atoms with Crippen molar-refractivity contribution >= 4 is 22.6 Å². The topological polar surface area (TPSA) is 40.5 Å². The maximum absolute atomic E-state index is 11.7. The maximum atomic E-state index is 11.7. The van der Waals surface area contributed by atoms with Crippen molar-refractivity contribution in [2.45, 2.75) is 104 Å². The Kier molecular flexibility index (Phi) is 6.72. The zero-order valence-corrected chi connectivity index (χ0v) is 21.4. The molecule has 0 aromatic carbocycles. The lowest BCUT2D eigenvalue weighted by Crippen LogP contribution is -2.62. The monoisotopic (exact) mass is 516 g/mol. The molecule has 4 rings (SSSR count). The Morgan fingerprint density at radius 2 is 1.66 bits per heavy atom. The van der Waals surface area contributed by atoms with Gasteiger partial charge in [0.25, 0.3) is 0 Å². The van der Waals surface area contributed by atoms with E-state index in [1.807, 2.05) is 0 Å². The van der Waals surface area contributed by atoms with E-state index in [2.05, 4.69) is 50.3 Å². The summed E-state index contributed by atoms with van der Waals surface area (Å²) in [7, 11) is 0. The van der Waals surface area contributed by atoms with Crippen molar-refractivity contribution in [2.75, 3.05) is 4.43 Å². The van der Waals surface area contributed by atoms with Crippen molar-refractivity contribution in [3.8, 4) is 0 Å². The molecule has 2 nitrogen and oxygen atoms in total. The molecule has 4 aliphatic carbocycles. The molecule has 3 heteroatoms. The van der Waals surface area contributed by atoms with E-state index in [1.165, 1.54) is 49.4 Å². The quantitative estimate of drug-likeness (QED) is 0.325. The van der Waals surface area contributed by atoms with Crippen LogP contribution in [0.4, 0.5) is 0 Å². The number of aliphatic hydroxyl groups is 2. The second-order valence-electron chi connectivity index (χ2n) is 11.9. The first-order valence-corrected chi connectivity index (χ1v) is 14.2. The standard InChI is InChI=1S/C26H45IO2/c1-5-18-22-15-17(28)10-12-26(22,4)21-11-13-25(3)19(16(2)7-6-14-27)8-9-20(25)23(21)24(18)29/h16-24,28-29H,5-15H2,1-4H3/t16-,17-,18-,19-,20+,21+,22?,23?,24-,25-,26+/m1/s1. The Morgan fingerprint density at radius 3 is 2.34 bits per heavy atom. The van der Waals surface area contributed by atoms with Gasteiger partial charge in [-0.1, -0.05) is 56.7 Å². The summed E-state index contributed by atoms with van der Waals surface area (Å²) in [6.07, 6.45) is 12.0. The van der Waals surface area contributed by atoms with Crippen molar-refractivity contribution in [1.82, 2.24) is 0 Å². The van der Waals surface area contributed by atoms with Gasteiger partial charge in [0.1, 0.15) is 0 Å². The van der Waals surface area contributed by atoms with Crippen LogP contribution in [0.2, 0.25) is 0 Å². The molecule has 168 valence electrons. The lowest BCUT2D eigenvalue weighted by Gasteiger charge is -2.64. The summed E-state index contributed by atoms with van der Waals surface area (Å²) in [4.78, 5) is 0. The summed E-state index contributed by atoms with van der Waals surface area (Å²) in [6.45, 7) is 9.95. The molecule has 4 fully saturated rings. The minimum Gasteiger partial charge on any atom is -0.393 e. The van der Waals surface area contributed by atoms with Crippen molar-refractivity contribution in [3.05, 3.63) is 0 Å². The van der Waals surface area contributed by atoms with Gasteiger partial charge in [-0.15, -0.1) is 0 Å². The summed E-state index contributed by atoms with van der Waals surface area (Å²) < 4.78 is 1.28. The minimum absolute atomic E-state index is 0.144. The van der Waals surface area contributed by atoms with Crippen molar-refractivity contribution in [3.63, 3.8) is 0 Å². The molecule has 0 amide bonds. The van der Waals surface area contributed by atoms with Gasteiger partial charge in [0.05, 0.1) is 12.2 Å². The molecule has 0 spiro atoms. The van der Waals surface area contributed by atoms with Gasteiger partial charge in [-0.2, -0.15) is 0 Å². The summed E-state index contributed by atoms with van der Waals surface area (Å²) in [5.41, 5.74) is 0.762. The average Bonchev–Trinajstić information content (AvgIpc) is 3.05. The highest BCUT2D eigenvalue weighted by atomic mass is 127. The van der Waals surface area contributed by atoms with Crippen LogP contribution < -0.4 is 0 Å². The van der Waals surface area contributed by atoms with Gasteiger partial charge in [-0.05, 0) is 114 Å². The highest BCUT2D eigenvalue weighted by molar-refractivity contribution is 14.1. The molecule has 0 bridgehead atoms. The fraction of sp³-hybridized carbons (Fsp3) is 1.00. The largest absolute Gasteiger partial charge is 0.393 e. The van der Waals surface area contributed by atoms with Crippen LogP contribution in [0.5, 0.6) is 0 Å². The van der Waals surface area contributed by atoms with Crippen LogP contribution in [0, 0.1) is 52.3 Å². The molecule has 0 heterocycles. The molecule has 11 atom stereocenters. The van der Waals surface area contributed by atoms with E-state index in [1.54, 1.807) is 0 Å². The average molecular weight is 517 g/mol. The molecule has 0 radical (unpaired) electrons. The second-order valence-corrected chi connectivity index (χ2v) is 13.0. The van der Waals surface area contributed by atoms with Crippen LogP contribution in [-0.2, 0) is 0 Å². The van der Waals surface area contributed by atoms with E-state index in [0.29, 0.717) is 40.4 Å². The smallest absolute Gasteiger partial charge is 0.0605 e. The first-order valence-electron chi connectivity index (χ1n) is 12.7. The number of rotatable bonds is 5. The molecule has 4 saturated carbocycles. The third kappa shape index (κ3) is 3.56. The van der Waals surface area contributed by atoms with Crippen molar-refractivity contribution < 1.29 is 10.2 Å². The van der Waals surface area contributed by atoms with Crippen LogP contribution in [0.15, 0.2) is 0 Å². The number of hydrogen-bond acceptors (Lipinski definition) is 2. The number of hydrogen-bond donors (Lipinski definition) is 2. The Hall–Kier alpha value is 0.650. The van der Waals surface area contributed by atoms with E-state index in [0.717, 1.165) is 31.1 Å². The predicted octanol–water partition coefficient (Wildman–Crippen LogP) is 6.46. The van der Waals surface area contributed by atoms with Gasteiger partial charge in [-0.3, -0.25) is 0 Å². The Labute approximate surface area is 193 Å². The van der Waals surface area contributed by atoms with Crippen molar-refractivity contribution in [2.24, 2.45) is 52.3 Å². The third-order valence-corrected chi connectivity index (χ3v) is 11.7. The summed E-state index contributed by atoms with van der Waals surface area (Å²) in [5, 5.41) is 22.2. The van der Waals surface area contributed by atoms with Crippen LogP contribution in [0.1, 0.15) is 91.9 Å². The fourth-order valence-corrected chi connectivity index (χ4v) is 9.97. The zero-order valence-electron chi connectivity index (χ0n) is 19.2.